The molecule has 2 aromatic rings. The quantitative estimate of drug-likeness (QED) is 0.641. The third-order valence-corrected chi connectivity index (χ3v) is 4.97. The number of benzene rings is 1. The van der Waals surface area contributed by atoms with E-state index in [-0.39, 0.29) is 7.53 Å². The Balaban J connectivity index is 2.53. The number of hydrogen-bond donors (Lipinski definition) is 0. The normalized spacial score (nSPS) is 11.7. The zero-order chi connectivity index (χ0) is 9.26. The van der Waals surface area contributed by atoms with Gasteiger partial charge < -0.3 is 0 Å². The standard InChI is InChI=1S/C11H10ClP/c1-9-7-8-13(11(9)12)10-5-3-2-4-6-10/h2-8H,1H3. The van der Waals surface area contributed by atoms with Crippen LogP contribution in [0.1, 0.15) is 5.56 Å². The van der Waals surface area contributed by atoms with Gasteiger partial charge >= 0.3 is 0 Å². The van der Waals surface area contributed by atoms with Gasteiger partial charge in [-0.15, -0.1) is 0 Å². The third-order valence-electron chi connectivity index (χ3n) is 2.04. The van der Waals surface area contributed by atoms with Crippen molar-refractivity contribution in [2.75, 3.05) is 0 Å². The Labute approximate surface area is 84.2 Å². The smallest absolute Gasteiger partial charge is 0.0670 e. The van der Waals surface area contributed by atoms with Crippen LogP contribution in [0.5, 0.6) is 0 Å². The van der Waals surface area contributed by atoms with Gasteiger partial charge in [-0.2, -0.15) is 0 Å². The van der Waals surface area contributed by atoms with Crippen LogP contribution in [-0.2, 0) is 0 Å². The summed E-state index contributed by atoms with van der Waals surface area (Å²) in [7, 11) is -0.376. The zero-order valence-corrected chi connectivity index (χ0v) is 9.02. The molecule has 2 heteroatoms. The second kappa shape index (κ2) is 3.57. The van der Waals surface area contributed by atoms with Crippen molar-refractivity contribution in [2.24, 2.45) is 0 Å². The lowest BCUT2D eigenvalue weighted by atomic mass is 10.4. The number of aryl methyl sites for hydroxylation is 1. The molecule has 0 spiro atoms. The van der Waals surface area contributed by atoms with Crippen molar-refractivity contribution in [3.63, 3.8) is 0 Å². The first-order valence-corrected chi connectivity index (χ1v) is 5.97. The summed E-state index contributed by atoms with van der Waals surface area (Å²) in [6, 6.07) is 12.5. The fourth-order valence-corrected chi connectivity index (χ4v) is 3.67. The molecular formula is C11H10ClP. The monoisotopic (exact) mass is 208 g/mol. The first-order valence-electron chi connectivity index (χ1n) is 4.18. The number of halogens is 1. The summed E-state index contributed by atoms with van der Waals surface area (Å²) in [6.07, 6.45) is 0. The summed E-state index contributed by atoms with van der Waals surface area (Å²) in [5.74, 6) is 2.21. The second-order valence-corrected chi connectivity index (χ2v) is 5.64. The van der Waals surface area contributed by atoms with E-state index >= 15 is 0 Å². The zero-order valence-electron chi connectivity index (χ0n) is 7.37. The average molecular weight is 209 g/mol. The highest BCUT2D eigenvalue weighted by Gasteiger charge is 2.04. The van der Waals surface area contributed by atoms with Gasteiger partial charge in [0.05, 0.1) is 4.75 Å². The topological polar surface area (TPSA) is 0 Å². The fourth-order valence-electron chi connectivity index (χ4n) is 1.30. The highest BCUT2D eigenvalue weighted by atomic mass is 35.5. The van der Waals surface area contributed by atoms with Crippen LogP contribution >= 0.6 is 19.1 Å². The van der Waals surface area contributed by atoms with E-state index in [4.69, 9.17) is 11.6 Å². The first kappa shape index (κ1) is 8.87. The van der Waals surface area contributed by atoms with E-state index in [1.54, 1.807) is 0 Å². The Bertz CT molecular complexity index is 403. The van der Waals surface area contributed by atoms with E-state index < -0.39 is 0 Å². The van der Waals surface area contributed by atoms with Crippen LogP contribution < -0.4 is 0 Å². The van der Waals surface area contributed by atoms with Crippen molar-refractivity contribution < 1.29 is 0 Å². The van der Waals surface area contributed by atoms with E-state index in [1.165, 1.54) is 10.9 Å². The largest absolute Gasteiger partial charge is 0.0790 e. The predicted molar refractivity (Wildman–Crippen MR) is 60.2 cm³/mol. The average Bonchev–Trinajstić information content (AvgIpc) is 2.49. The highest BCUT2D eigenvalue weighted by molar-refractivity contribution is 7.59. The van der Waals surface area contributed by atoms with Crippen molar-refractivity contribution in [3.8, 4) is 5.30 Å². The van der Waals surface area contributed by atoms with Crippen LogP contribution in [0, 0.1) is 6.92 Å². The van der Waals surface area contributed by atoms with Gasteiger partial charge in [0.2, 0.25) is 0 Å². The summed E-state index contributed by atoms with van der Waals surface area (Å²) in [4.78, 5) is 0. The predicted octanol–water partition coefficient (Wildman–Crippen LogP) is 4.62. The molecule has 2 rings (SSSR count). The van der Waals surface area contributed by atoms with E-state index in [0.717, 1.165) is 4.75 Å². The number of rotatable bonds is 1. The van der Waals surface area contributed by atoms with Crippen molar-refractivity contribution in [1.82, 2.24) is 0 Å². The molecule has 1 aromatic heterocycles. The highest BCUT2D eigenvalue weighted by Crippen LogP contribution is 2.48. The molecule has 1 heterocycles. The van der Waals surface area contributed by atoms with E-state index in [2.05, 4.69) is 43.1 Å². The van der Waals surface area contributed by atoms with Crippen molar-refractivity contribution in [3.05, 3.63) is 52.5 Å². The van der Waals surface area contributed by atoms with E-state index in [1.807, 2.05) is 6.07 Å². The van der Waals surface area contributed by atoms with Gasteiger partial charge in [0, 0.05) is 0 Å². The minimum atomic E-state index is -0.376. The molecule has 0 saturated heterocycles. The molecule has 0 aliphatic heterocycles. The van der Waals surface area contributed by atoms with E-state index in [0.29, 0.717) is 0 Å². The molecule has 1 unspecified atom stereocenters. The fraction of sp³-hybridized carbons (Fsp3) is 0.0909. The molecular weight excluding hydrogens is 199 g/mol. The van der Waals surface area contributed by atoms with Crippen LogP contribution in [-0.4, -0.2) is 0 Å². The molecule has 0 nitrogen and oxygen atoms in total. The third kappa shape index (κ3) is 1.65. The summed E-state index contributed by atoms with van der Waals surface area (Å²) in [5, 5.41) is 1.33. The summed E-state index contributed by atoms with van der Waals surface area (Å²) < 4.78 is 1.02. The Morgan fingerprint density at radius 3 is 2.31 bits per heavy atom. The van der Waals surface area contributed by atoms with Gasteiger partial charge in [-0.05, 0) is 23.6 Å². The van der Waals surface area contributed by atoms with Gasteiger partial charge in [-0.1, -0.05) is 55.5 Å². The molecule has 1 aromatic carbocycles. The van der Waals surface area contributed by atoms with Gasteiger partial charge in [0.1, 0.15) is 0 Å². The molecule has 0 fully saturated rings. The molecule has 0 aliphatic carbocycles. The summed E-state index contributed by atoms with van der Waals surface area (Å²) >= 11 is 6.21. The Hall–Kier alpha value is -0.710. The molecule has 0 saturated carbocycles. The Morgan fingerprint density at radius 1 is 1.08 bits per heavy atom. The summed E-state index contributed by atoms with van der Waals surface area (Å²) in [5.41, 5.74) is 1.21. The van der Waals surface area contributed by atoms with Crippen LogP contribution in [0.25, 0.3) is 5.30 Å². The maximum Gasteiger partial charge on any atom is 0.0670 e. The SMILES string of the molecule is Cc1ccp(-c2ccccc2)c1Cl. The van der Waals surface area contributed by atoms with Crippen molar-refractivity contribution in [1.29, 1.82) is 0 Å². The Morgan fingerprint density at radius 2 is 1.77 bits per heavy atom. The summed E-state index contributed by atoms with van der Waals surface area (Å²) in [6.45, 7) is 2.06. The van der Waals surface area contributed by atoms with E-state index in [9.17, 15) is 0 Å². The first-order chi connectivity index (χ1) is 6.29. The van der Waals surface area contributed by atoms with Crippen LogP contribution in [0.2, 0.25) is 4.75 Å². The molecule has 1 atom stereocenters. The molecule has 66 valence electrons. The van der Waals surface area contributed by atoms with Crippen molar-refractivity contribution >= 4 is 19.1 Å². The van der Waals surface area contributed by atoms with Crippen LogP contribution in [0.15, 0.2) is 42.2 Å². The van der Waals surface area contributed by atoms with Gasteiger partial charge in [-0.25, -0.2) is 0 Å². The number of hydrogen-bond acceptors (Lipinski definition) is 0. The van der Waals surface area contributed by atoms with Gasteiger partial charge in [-0.3, -0.25) is 0 Å². The Kier molecular flexibility index (Phi) is 2.44. The van der Waals surface area contributed by atoms with Crippen LogP contribution in [0.3, 0.4) is 0 Å². The lowest BCUT2D eigenvalue weighted by Gasteiger charge is -1.99. The molecule has 0 bridgehead atoms. The lowest BCUT2D eigenvalue weighted by Crippen LogP contribution is -1.63. The van der Waals surface area contributed by atoms with Gasteiger partial charge in [0.25, 0.3) is 0 Å². The second-order valence-electron chi connectivity index (χ2n) is 3.00. The maximum atomic E-state index is 6.21. The molecule has 0 N–H and O–H groups in total. The van der Waals surface area contributed by atoms with Crippen molar-refractivity contribution in [2.45, 2.75) is 6.92 Å². The molecule has 0 aliphatic rings. The van der Waals surface area contributed by atoms with Crippen LogP contribution in [0.4, 0.5) is 0 Å². The molecule has 0 radical (unpaired) electrons. The molecule has 0 amide bonds. The minimum absolute atomic E-state index is 0.376. The van der Waals surface area contributed by atoms with Gasteiger partial charge in [0.15, 0.2) is 0 Å². The minimum Gasteiger partial charge on any atom is -0.0790 e. The lowest BCUT2D eigenvalue weighted by molar-refractivity contribution is 1.56. The maximum absolute atomic E-state index is 6.21. The molecule has 13 heavy (non-hydrogen) atoms.